The van der Waals surface area contributed by atoms with E-state index in [1.54, 1.807) is 0 Å². The summed E-state index contributed by atoms with van der Waals surface area (Å²) in [6, 6.07) is 5.09. The van der Waals surface area contributed by atoms with Crippen molar-refractivity contribution in [2.45, 2.75) is 37.8 Å². The molecular weight excluding hydrogens is 297 g/mol. The maximum Gasteiger partial charge on any atom is 0.251 e. The first-order valence-electron chi connectivity index (χ1n) is 8.21. The zero-order chi connectivity index (χ0) is 16.2. The smallest absolute Gasteiger partial charge is 0.251 e. The third kappa shape index (κ3) is 4.28. The third-order valence-corrected chi connectivity index (χ3v) is 4.45. The molecule has 1 aromatic rings. The molecule has 23 heavy (non-hydrogen) atoms. The minimum atomic E-state index is -0.532. The number of amides is 2. The molecule has 124 valence electrons. The summed E-state index contributed by atoms with van der Waals surface area (Å²) < 4.78 is 13.0. The van der Waals surface area contributed by atoms with E-state index in [-0.39, 0.29) is 29.6 Å². The minimum absolute atomic E-state index is 0.102. The van der Waals surface area contributed by atoms with Gasteiger partial charge in [0, 0.05) is 11.6 Å². The van der Waals surface area contributed by atoms with Crippen molar-refractivity contribution < 1.29 is 14.0 Å². The van der Waals surface area contributed by atoms with Gasteiger partial charge in [-0.15, -0.1) is 0 Å². The number of nitrogens with one attached hydrogen (secondary N) is 3. The van der Waals surface area contributed by atoms with Crippen molar-refractivity contribution in [3.05, 3.63) is 35.6 Å². The van der Waals surface area contributed by atoms with Gasteiger partial charge in [0.25, 0.3) is 5.91 Å². The lowest BCUT2D eigenvalue weighted by atomic mass is 9.89. The van der Waals surface area contributed by atoms with Gasteiger partial charge in [-0.1, -0.05) is 0 Å². The van der Waals surface area contributed by atoms with E-state index >= 15 is 0 Å². The second-order valence-corrected chi connectivity index (χ2v) is 6.33. The van der Waals surface area contributed by atoms with Gasteiger partial charge in [0.15, 0.2) is 0 Å². The molecule has 2 amide bonds. The summed E-state index contributed by atoms with van der Waals surface area (Å²) in [5.41, 5.74) is 0.365. The summed E-state index contributed by atoms with van der Waals surface area (Å²) in [6.07, 6.45) is 3.73. The van der Waals surface area contributed by atoms with Gasteiger partial charge in [0.05, 0.1) is 0 Å². The molecule has 0 radical (unpaired) electrons. The van der Waals surface area contributed by atoms with E-state index in [1.807, 2.05) is 0 Å². The Morgan fingerprint density at radius 2 is 1.74 bits per heavy atom. The second-order valence-electron chi connectivity index (χ2n) is 6.33. The molecular formula is C17H22FN3O2. The summed E-state index contributed by atoms with van der Waals surface area (Å²) >= 11 is 0. The predicted octanol–water partition coefficient (Wildman–Crippen LogP) is 1.20. The van der Waals surface area contributed by atoms with Crippen LogP contribution in [0, 0.1) is 11.7 Å². The highest BCUT2D eigenvalue weighted by Gasteiger charge is 2.34. The first kappa shape index (κ1) is 15.9. The standard InChI is InChI=1S/C17H22FN3O2/c18-13-3-1-12(2-4-13)16(22)21-15(11-7-9-19-10-8-11)17(23)20-14-5-6-14/h1-4,11,14-15,19H,5-10H2,(H,20,23)(H,21,22). The molecule has 3 rings (SSSR count). The first-order valence-corrected chi connectivity index (χ1v) is 8.21. The Morgan fingerprint density at radius 3 is 2.35 bits per heavy atom. The lowest BCUT2D eigenvalue weighted by Gasteiger charge is -2.30. The van der Waals surface area contributed by atoms with Crippen molar-refractivity contribution in [3.8, 4) is 0 Å². The van der Waals surface area contributed by atoms with Gasteiger partial charge >= 0.3 is 0 Å². The highest BCUT2D eigenvalue weighted by atomic mass is 19.1. The number of rotatable bonds is 5. The Labute approximate surface area is 135 Å². The van der Waals surface area contributed by atoms with E-state index in [0.29, 0.717) is 5.56 Å². The second kappa shape index (κ2) is 7.08. The highest BCUT2D eigenvalue weighted by Crippen LogP contribution is 2.22. The van der Waals surface area contributed by atoms with Crippen LogP contribution in [0.4, 0.5) is 4.39 Å². The van der Waals surface area contributed by atoms with Gasteiger partial charge in [-0.25, -0.2) is 4.39 Å². The van der Waals surface area contributed by atoms with Gasteiger partial charge < -0.3 is 16.0 Å². The average Bonchev–Trinajstić information content (AvgIpc) is 3.37. The summed E-state index contributed by atoms with van der Waals surface area (Å²) in [4.78, 5) is 24.9. The van der Waals surface area contributed by atoms with Crippen LogP contribution in [0.1, 0.15) is 36.0 Å². The molecule has 1 heterocycles. The van der Waals surface area contributed by atoms with E-state index in [9.17, 15) is 14.0 Å². The van der Waals surface area contributed by atoms with Gasteiger partial charge in [0.2, 0.25) is 5.91 Å². The first-order chi connectivity index (χ1) is 11.1. The third-order valence-electron chi connectivity index (χ3n) is 4.45. The molecule has 1 saturated heterocycles. The molecule has 1 unspecified atom stereocenters. The fourth-order valence-corrected chi connectivity index (χ4v) is 2.92. The molecule has 6 heteroatoms. The Morgan fingerprint density at radius 1 is 1.09 bits per heavy atom. The van der Waals surface area contributed by atoms with Crippen molar-refractivity contribution in [1.82, 2.24) is 16.0 Å². The van der Waals surface area contributed by atoms with E-state index in [2.05, 4.69) is 16.0 Å². The lowest BCUT2D eigenvalue weighted by molar-refractivity contribution is -0.124. The topological polar surface area (TPSA) is 70.2 Å². The van der Waals surface area contributed by atoms with Crippen molar-refractivity contribution >= 4 is 11.8 Å². The predicted molar refractivity (Wildman–Crippen MR) is 84.4 cm³/mol. The SMILES string of the molecule is O=C(NC(C(=O)NC1CC1)C1CCNCC1)c1ccc(F)cc1. The van der Waals surface area contributed by atoms with Gasteiger partial charge in [-0.3, -0.25) is 9.59 Å². The number of carbonyl (C=O) groups is 2. The molecule has 1 atom stereocenters. The van der Waals surface area contributed by atoms with Crippen LogP contribution in [0.3, 0.4) is 0 Å². The fraction of sp³-hybridized carbons (Fsp3) is 0.529. The Kier molecular flexibility index (Phi) is 4.91. The molecule has 2 fully saturated rings. The van der Waals surface area contributed by atoms with Crippen molar-refractivity contribution in [1.29, 1.82) is 0 Å². The molecule has 0 bridgehead atoms. The molecule has 1 aliphatic carbocycles. The van der Waals surface area contributed by atoms with Crippen LogP contribution in [-0.4, -0.2) is 37.0 Å². The summed E-state index contributed by atoms with van der Waals surface area (Å²) in [6.45, 7) is 1.70. The number of benzene rings is 1. The number of hydrogen-bond acceptors (Lipinski definition) is 3. The number of hydrogen-bond donors (Lipinski definition) is 3. The van der Waals surface area contributed by atoms with Crippen LogP contribution in [0.2, 0.25) is 0 Å². The Bertz CT molecular complexity index is 566. The van der Waals surface area contributed by atoms with Crippen LogP contribution in [-0.2, 0) is 4.79 Å². The zero-order valence-corrected chi connectivity index (χ0v) is 13.0. The number of halogens is 1. The van der Waals surface area contributed by atoms with Crippen molar-refractivity contribution in [2.75, 3.05) is 13.1 Å². The van der Waals surface area contributed by atoms with Crippen LogP contribution >= 0.6 is 0 Å². The Hall–Kier alpha value is -1.95. The van der Waals surface area contributed by atoms with Gasteiger partial charge in [-0.05, 0) is 69.0 Å². The lowest BCUT2D eigenvalue weighted by Crippen LogP contribution is -2.53. The molecule has 0 spiro atoms. The molecule has 1 aromatic carbocycles. The van der Waals surface area contributed by atoms with E-state index in [1.165, 1.54) is 24.3 Å². The van der Waals surface area contributed by atoms with E-state index in [4.69, 9.17) is 0 Å². The molecule has 1 aliphatic heterocycles. The molecule has 1 saturated carbocycles. The Balaban J connectivity index is 1.69. The van der Waals surface area contributed by atoms with Crippen LogP contribution < -0.4 is 16.0 Å². The van der Waals surface area contributed by atoms with E-state index < -0.39 is 6.04 Å². The van der Waals surface area contributed by atoms with Crippen LogP contribution in [0.25, 0.3) is 0 Å². The van der Waals surface area contributed by atoms with Gasteiger partial charge in [-0.2, -0.15) is 0 Å². The molecule has 5 nitrogen and oxygen atoms in total. The maximum atomic E-state index is 13.0. The highest BCUT2D eigenvalue weighted by molar-refractivity contribution is 5.97. The summed E-state index contributed by atoms with van der Waals surface area (Å²) in [7, 11) is 0. The number of piperidine rings is 1. The zero-order valence-electron chi connectivity index (χ0n) is 13.0. The molecule has 2 aliphatic rings. The molecule has 3 N–H and O–H groups in total. The maximum absolute atomic E-state index is 13.0. The number of carbonyl (C=O) groups excluding carboxylic acids is 2. The van der Waals surface area contributed by atoms with Crippen molar-refractivity contribution in [3.63, 3.8) is 0 Å². The average molecular weight is 319 g/mol. The monoisotopic (exact) mass is 319 g/mol. The largest absolute Gasteiger partial charge is 0.352 e. The fourth-order valence-electron chi connectivity index (χ4n) is 2.92. The summed E-state index contributed by atoms with van der Waals surface area (Å²) in [5.74, 6) is -0.698. The summed E-state index contributed by atoms with van der Waals surface area (Å²) in [5, 5.41) is 9.10. The minimum Gasteiger partial charge on any atom is -0.352 e. The van der Waals surface area contributed by atoms with Crippen molar-refractivity contribution in [2.24, 2.45) is 5.92 Å². The molecule has 0 aromatic heterocycles. The van der Waals surface area contributed by atoms with E-state index in [0.717, 1.165) is 38.8 Å². The van der Waals surface area contributed by atoms with Gasteiger partial charge in [0.1, 0.15) is 11.9 Å². The quantitative estimate of drug-likeness (QED) is 0.764. The van der Waals surface area contributed by atoms with Crippen LogP contribution in [0.15, 0.2) is 24.3 Å². The van der Waals surface area contributed by atoms with Crippen LogP contribution in [0.5, 0.6) is 0 Å². The normalized spacial score (nSPS) is 19.9.